The summed E-state index contributed by atoms with van der Waals surface area (Å²) in [7, 11) is 0. The van der Waals surface area contributed by atoms with Crippen molar-refractivity contribution in [3.8, 4) is 0 Å². The lowest BCUT2D eigenvalue weighted by Crippen LogP contribution is -2.63. The summed E-state index contributed by atoms with van der Waals surface area (Å²) in [6, 6.07) is 14.6. The Labute approximate surface area is 322 Å². The third kappa shape index (κ3) is 8.03. The van der Waals surface area contributed by atoms with E-state index in [1.165, 1.54) is 101 Å². The highest BCUT2D eigenvalue weighted by Gasteiger charge is 2.60. The van der Waals surface area contributed by atoms with Crippen molar-refractivity contribution in [3.05, 3.63) is 120 Å². The number of carboxylic acids is 1. The molecule has 2 fully saturated rings. The zero-order valence-electron chi connectivity index (χ0n) is 29.8. The van der Waals surface area contributed by atoms with Crippen LogP contribution in [0.2, 0.25) is 0 Å². The lowest BCUT2D eigenvalue weighted by atomic mass is 9.79. The molecule has 292 valence electrons. The molecule has 0 bridgehead atoms. The Kier molecular flexibility index (Phi) is 11.4. The smallest absolute Gasteiger partial charge is 0.410 e. The SMILES string of the molecule is C[C@@H](O)[C@H]1C(=O)N2C(C(=O)OCc3ccc([N+](=O)[O-])cc3)=C(S[C@H]3C[C@@H](C(=O)Nc4cccc(C(=O)O)c4)N(C(=O)OCc4ccc([N+](=O)[O-])cc4)C3)[C@H](C)[C@H]12. The third-order valence-corrected chi connectivity index (χ3v) is 11.3. The summed E-state index contributed by atoms with van der Waals surface area (Å²) < 4.78 is 11.1. The monoisotopic (exact) mass is 789 g/mol. The average Bonchev–Trinajstić information content (AvgIpc) is 3.70. The number of likely N-dealkylation sites (tertiary alicyclic amines) is 1. The summed E-state index contributed by atoms with van der Waals surface area (Å²) >= 11 is 1.18. The number of nitrogens with one attached hydrogen (secondary N) is 1. The molecule has 19 heteroatoms. The zero-order chi connectivity index (χ0) is 40.4. The maximum atomic E-state index is 13.8. The molecule has 3 amide bonds. The largest absolute Gasteiger partial charge is 0.478 e. The number of aromatic carboxylic acids is 1. The molecule has 3 heterocycles. The second kappa shape index (κ2) is 16.2. The van der Waals surface area contributed by atoms with Crippen LogP contribution in [0.25, 0.3) is 0 Å². The number of hydrogen-bond donors (Lipinski definition) is 3. The number of benzene rings is 3. The Bertz CT molecular complexity index is 2120. The molecule has 6 rings (SSSR count). The van der Waals surface area contributed by atoms with Crippen LogP contribution in [0, 0.1) is 32.1 Å². The number of carboxylic acid groups (broad SMARTS) is 1. The molecule has 3 aromatic rings. The lowest BCUT2D eigenvalue weighted by molar-refractivity contribution is -0.385. The number of anilines is 1. The van der Waals surface area contributed by atoms with Crippen molar-refractivity contribution < 1.29 is 53.5 Å². The van der Waals surface area contributed by atoms with Crippen molar-refractivity contribution in [1.29, 1.82) is 0 Å². The van der Waals surface area contributed by atoms with E-state index in [2.05, 4.69) is 5.32 Å². The number of nitro benzene ring substituents is 2. The maximum absolute atomic E-state index is 13.8. The number of ether oxygens (including phenoxy) is 2. The number of rotatable bonds is 13. The van der Waals surface area contributed by atoms with Crippen molar-refractivity contribution in [1.82, 2.24) is 9.80 Å². The van der Waals surface area contributed by atoms with Gasteiger partial charge in [0.1, 0.15) is 25.0 Å². The molecule has 3 aliphatic heterocycles. The van der Waals surface area contributed by atoms with Gasteiger partial charge in [0.05, 0.1) is 33.5 Å². The van der Waals surface area contributed by atoms with E-state index in [0.717, 1.165) is 0 Å². The highest BCUT2D eigenvalue weighted by Crippen LogP contribution is 2.52. The van der Waals surface area contributed by atoms with Crippen LogP contribution in [0.4, 0.5) is 21.9 Å². The number of carbonyl (C=O) groups is 5. The van der Waals surface area contributed by atoms with Crippen LogP contribution in [-0.2, 0) is 37.1 Å². The molecule has 18 nitrogen and oxygen atoms in total. The van der Waals surface area contributed by atoms with Gasteiger partial charge in [-0.3, -0.25) is 34.7 Å². The summed E-state index contributed by atoms with van der Waals surface area (Å²) in [5, 5.41) is 44.1. The minimum absolute atomic E-state index is 0.0398. The molecule has 0 aliphatic carbocycles. The molecule has 0 radical (unpaired) electrons. The van der Waals surface area contributed by atoms with Crippen LogP contribution in [0.5, 0.6) is 0 Å². The number of aliphatic hydroxyl groups is 1. The Balaban J connectivity index is 1.25. The van der Waals surface area contributed by atoms with E-state index in [-0.39, 0.29) is 54.5 Å². The number of amides is 3. The quantitative estimate of drug-likeness (QED) is 0.0936. The molecular formula is C37H35N5O13S. The molecule has 0 spiro atoms. The maximum Gasteiger partial charge on any atom is 0.410 e. The molecule has 3 aromatic carbocycles. The van der Waals surface area contributed by atoms with E-state index in [1.54, 1.807) is 6.92 Å². The van der Waals surface area contributed by atoms with Crippen molar-refractivity contribution in [2.75, 3.05) is 11.9 Å². The third-order valence-electron chi connectivity index (χ3n) is 9.80. The number of nitro groups is 2. The molecule has 0 unspecified atom stereocenters. The van der Waals surface area contributed by atoms with Gasteiger partial charge >= 0.3 is 18.0 Å². The van der Waals surface area contributed by atoms with E-state index >= 15 is 0 Å². The van der Waals surface area contributed by atoms with Crippen molar-refractivity contribution in [2.45, 2.75) is 56.9 Å². The second-order valence-electron chi connectivity index (χ2n) is 13.5. The Morgan fingerprint density at radius 2 is 1.54 bits per heavy atom. The number of β-lactam (4-membered cyclic amide) rings is 1. The van der Waals surface area contributed by atoms with E-state index in [1.807, 2.05) is 0 Å². The first kappa shape index (κ1) is 39.4. The molecule has 0 saturated carbocycles. The molecular weight excluding hydrogens is 754 g/mol. The van der Waals surface area contributed by atoms with Crippen molar-refractivity contribution in [3.63, 3.8) is 0 Å². The van der Waals surface area contributed by atoms with Crippen LogP contribution < -0.4 is 5.32 Å². The van der Waals surface area contributed by atoms with Gasteiger partial charge in [0.15, 0.2) is 0 Å². The van der Waals surface area contributed by atoms with Crippen LogP contribution in [0.15, 0.2) is 83.4 Å². The minimum Gasteiger partial charge on any atom is -0.478 e. The second-order valence-corrected chi connectivity index (χ2v) is 14.8. The van der Waals surface area contributed by atoms with Crippen LogP contribution in [0.3, 0.4) is 0 Å². The number of carbonyl (C=O) groups excluding carboxylic acids is 4. The van der Waals surface area contributed by atoms with Gasteiger partial charge < -0.3 is 29.9 Å². The van der Waals surface area contributed by atoms with E-state index in [0.29, 0.717) is 16.0 Å². The first-order valence-corrected chi connectivity index (χ1v) is 18.2. The van der Waals surface area contributed by atoms with Gasteiger partial charge in [0.25, 0.3) is 11.4 Å². The summed E-state index contributed by atoms with van der Waals surface area (Å²) in [6.07, 6.45) is -1.86. The van der Waals surface area contributed by atoms with Crippen LogP contribution in [0.1, 0.15) is 41.8 Å². The van der Waals surface area contributed by atoms with Crippen molar-refractivity contribution in [2.24, 2.45) is 11.8 Å². The van der Waals surface area contributed by atoms with Gasteiger partial charge in [0.2, 0.25) is 11.8 Å². The molecule has 3 aliphatic rings. The number of esters is 1. The van der Waals surface area contributed by atoms with Gasteiger partial charge in [-0.25, -0.2) is 14.4 Å². The summed E-state index contributed by atoms with van der Waals surface area (Å²) in [6.45, 7) is 2.69. The lowest BCUT2D eigenvalue weighted by Gasteiger charge is -2.46. The van der Waals surface area contributed by atoms with Gasteiger partial charge in [0, 0.05) is 52.6 Å². The number of non-ortho nitro benzene ring substituents is 2. The van der Waals surface area contributed by atoms with Gasteiger partial charge in [-0.15, -0.1) is 11.8 Å². The number of thioether (sulfide) groups is 1. The Morgan fingerprint density at radius 1 is 0.946 bits per heavy atom. The molecule has 3 N–H and O–H groups in total. The fraction of sp³-hybridized carbons (Fsp3) is 0.324. The normalized spacial score (nSPS) is 21.8. The Hall–Kier alpha value is -6.34. The number of nitrogens with zero attached hydrogens (tertiary/aromatic N) is 4. The fourth-order valence-corrected chi connectivity index (χ4v) is 8.53. The predicted molar refractivity (Wildman–Crippen MR) is 197 cm³/mol. The van der Waals surface area contributed by atoms with Crippen LogP contribution in [-0.4, -0.2) is 89.7 Å². The van der Waals surface area contributed by atoms with Gasteiger partial charge in [-0.2, -0.15) is 0 Å². The zero-order valence-corrected chi connectivity index (χ0v) is 30.6. The van der Waals surface area contributed by atoms with Gasteiger partial charge in [-0.05, 0) is 66.9 Å². The number of fused-ring (bicyclic) bond motifs is 1. The van der Waals surface area contributed by atoms with E-state index in [4.69, 9.17) is 9.47 Å². The van der Waals surface area contributed by atoms with E-state index in [9.17, 15) is 54.4 Å². The average molecular weight is 790 g/mol. The molecule has 6 atom stereocenters. The van der Waals surface area contributed by atoms with Crippen molar-refractivity contribution >= 4 is 58.7 Å². The van der Waals surface area contributed by atoms with E-state index < -0.39 is 75.0 Å². The molecule has 56 heavy (non-hydrogen) atoms. The number of aliphatic hydroxyl groups excluding tert-OH is 1. The highest BCUT2D eigenvalue weighted by atomic mass is 32.2. The van der Waals surface area contributed by atoms with Crippen LogP contribution >= 0.6 is 11.8 Å². The molecule has 2 saturated heterocycles. The minimum atomic E-state index is -1.21. The van der Waals surface area contributed by atoms with Gasteiger partial charge in [-0.1, -0.05) is 13.0 Å². The summed E-state index contributed by atoms with van der Waals surface area (Å²) in [5.74, 6) is -4.44. The predicted octanol–water partition coefficient (Wildman–Crippen LogP) is 4.47. The first-order chi connectivity index (χ1) is 26.6. The Morgan fingerprint density at radius 3 is 2.09 bits per heavy atom. The highest BCUT2D eigenvalue weighted by molar-refractivity contribution is 8.03. The molecule has 0 aromatic heterocycles. The fourth-order valence-electron chi connectivity index (χ4n) is 7.01. The number of hydrogen-bond acceptors (Lipinski definition) is 13. The first-order valence-electron chi connectivity index (χ1n) is 17.3. The standard InChI is InChI=1S/C37H35N5O13S/c1-19-30-29(20(2)43)34(45)40(30)31(36(48)54-17-21-6-10-25(11-7-21)41(50)51)32(19)56-27-15-28(33(44)38-24-5-3-4-23(14-24)35(46)47)39(16-27)37(49)55-18-22-8-12-26(13-9-22)42(52)53/h3-14,19-20,27-30,43H,15-18H2,1-2H3,(H,38,44)(H,46,47)/t19-,20-,27+,28+,29-,30-/m1/s1. The topological polar surface area (TPSA) is 249 Å². The summed E-state index contributed by atoms with van der Waals surface area (Å²) in [4.78, 5) is 89.9. The summed E-state index contributed by atoms with van der Waals surface area (Å²) in [5.41, 5.74) is 0.658.